The highest BCUT2D eigenvalue weighted by atomic mass is 16.7. The van der Waals surface area contributed by atoms with Gasteiger partial charge in [0.1, 0.15) is 12.4 Å². The highest BCUT2D eigenvalue weighted by Crippen LogP contribution is 2.35. The van der Waals surface area contributed by atoms with Gasteiger partial charge in [-0.2, -0.15) is 0 Å². The van der Waals surface area contributed by atoms with Crippen molar-refractivity contribution >= 4 is 0 Å². The molecule has 2 rings (SSSR count). The first-order valence-electron chi connectivity index (χ1n) is 6.91. The molecule has 0 aromatic heterocycles. The van der Waals surface area contributed by atoms with Gasteiger partial charge >= 0.3 is 0 Å². The average molecular weight is 278 g/mol. The van der Waals surface area contributed by atoms with E-state index in [1.807, 2.05) is 31.2 Å². The van der Waals surface area contributed by atoms with Crippen LogP contribution < -0.4 is 14.2 Å². The fourth-order valence-corrected chi connectivity index (χ4v) is 1.76. The van der Waals surface area contributed by atoms with Crippen molar-refractivity contribution in [1.82, 2.24) is 0 Å². The molecule has 1 heterocycles. The summed E-state index contributed by atoms with van der Waals surface area (Å²) in [5.41, 5.74) is 1.17. The Morgan fingerprint density at radius 2 is 2.10 bits per heavy atom. The van der Waals surface area contributed by atoms with Gasteiger partial charge < -0.3 is 18.9 Å². The monoisotopic (exact) mass is 278 g/mol. The second kappa shape index (κ2) is 7.20. The summed E-state index contributed by atoms with van der Waals surface area (Å²) in [6.07, 6.45) is 2.03. The first-order valence-corrected chi connectivity index (χ1v) is 6.91. The normalized spacial score (nSPS) is 13.9. The molecule has 0 amide bonds. The van der Waals surface area contributed by atoms with Crippen LogP contribution in [0.15, 0.2) is 29.8 Å². The van der Waals surface area contributed by atoms with Crippen molar-refractivity contribution in [3.05, 3.63) is 29.8 Å². The van der Waals surface area contributed by atoms with Crippen molar-refractivity contribution in [1.29, 1.82) is 0 Å². The van der Waals surface area contributed by atoms with Crippen LogP contribution in [-0.2, 0) is 4.74 Å². The van der Waals surface area contributed by atoms with E-state index in [9.17, 15) is 0 Å². The van der Waals surface area contributed by atoms with Crippen molar-refractivity contribution in [2.75, 3.05) is 26.6 Å². The lowest BCUT2D eigenvalue weighted by Crippen LogP contribution is -2.04. The van der Waals surface area contributed by atoms with Gasteiger partial charge in [-0.05, 0) is 36.6 Å². The topological polar surface area (TPSA) is 36.9 Å². The molecule has 0 aliphatic carbocycles. The van der Waals surface area contributed by atoms with Crippen molar-refractivity contribution < 1.29 is 18.9 Å². The Labute approximate surface area is 120 Å². The number of hydrogen-bond acceptors (Lipinski definition) is 4. The third-order valence-corrected chi connectivity index (χ3v) is 2.81. The molecule has 0 unspecified atom stereocenters. The molecule has 20 heavy (non-hydrogen) atoms. The van der Waals surface area contributed by atoms with Crippen LogP contribution in [0, 0.1) is 5.92 Å². The number of ether oxygens (including phenoxy) is 4. The predicted octanol–water partition coefficient (Wildman–Crippen LogP) is 3.41. The minimum Gasteiger partial charge on any atom is -0.489 e. The summed E-state index contributed by atoms with van der Waals surface area (Å²) < 4.78 is 21.8. The van der Waals surface area contributed by atoms with Crippen molar-refractivity contribution in [2.24, 2.45) is 5.92 Å². The molecule has 0 bridgehead atoms. The zero-order valence-electron chi connectivity index (χ0n) is 12.3. The summed E-state index contributed by atoms with van der Waals surface area (Å²) in [6.45, 7) is 8.57. The Kier molecular flexibility index (Phi) is 5.30. The van der Waals surface area contributed by atoms with Crippen LogP contribution >= 0.6 is 0 Å². The van der Waals surface area contributed by atoms with Crippen LogP contribution in [0.1, 0.15) is 20.8 Å². The van der Waals surface area contributed by atoms with E-state index in [-0.39, 0.29) is 6.79 Å². The standard InChI is InChI=1S/C16H22O4/c1-12(2)9-17-10-13(3)6-7-18-14-4-5-15-16(8-14)20-11-19-15/h4-6,8,12H,7,9-11H2,1-3H3/b13-6+. The summed E-state index contributed by atoms with van der Waals surface area (Å²) in [6, 6.07) is 5.59. The molecular weight excluding hydrogens is 256 g/mol. The van der Waals surface area contributed by atoms with Gasteiger partial charge in [-0.3, -0.25) is 0 Å². The summed E-state index contributed by atoms with van der Waals surface area (Å²) in [5, 5.41) is 0. The lowest BCUT2D eigenvalue weighted by molar-refractivity contribution is 0.129. The highest BCUT2D eigenvalue weighted by molar-refractivity contribution is 5.46. The van der Waals surface area contributed by atoms with Crippen LogP contribution in [0.2, 0.25) is 0 Å². The zero-order valence-corrected chi connectivity index (χ0v) is 12.3. The van der Waals surface area contributed by atoms with E-state index in [1.54, 1.807) is 0 Å². The van der Waals surface area contributed by atoms with E-state index in [4.69, 9.17) is 18.9 Å². The second-order valence-corrected chi connectivity index (χ2v) is 5.29. The number of benzene rings is 1. The second-order valence-electron chi connectivity index (χ2n) is 5.29. The Morgan fingerprint density at radius 1 is 1.30 bits per heavy atom. The van der Waals surface area contributed by atoms with E-state index in [0.717, 1.165) is 23.9 Å². The molecule has 1 aromatic rings. The van der Waals surface area contributed by atoms with Gasteiger partial charge in [0.05, 0.1) is 6.61 Å². The molecule has 0 N–H and O–H groups in total. The molecule has 1 aliphatic rings. The highest BCUT2D eigenvalue weighted by Gasteiger charge is 2.13. The Bertz CT molecular complexity index is 466. The molecule has 0 saturated carbocycles. The molecule has 1 aliphatic heterocycles. The minimum absolute atomic E-state index is 0.283. The first kappa shape index (κ1) is 14.7. The average Bonchev–Trinajstić information content (AvgIpc) is 2.85. The molecule has 0 radical (unpaired) electrons. The summed E-state index contributed by atoms with van der Waals surface area (Å²) >= 11 is 0. The fraction of sp³-hybridized carbons (Fsp3) is 0.500. The molecule has 0 atom stereocenters. The molecule has 4 heteroatoms. The number of rotatable bonds is 7. The van der Waals surface area contributed by atoms with Gasteiger partial charge in [-0.15, -0.1) is 0 Å². The van der Waals surface area contributed by atoms with Gasteiger partial charge in [0.25, 0.3) is 0 Å². The maximum Gasteiger partial charge on any atom is 0.231 e. The van der Waals surface area contributed by atoms with E-state index in [1.165, 1.54) is 5.57 Å². The molecule has 0 fully saturated rings. The SMILES string of the molecule is C/C(=C\COc1ccc2c(c1)OCO2)COCC(C)C. The third kappa shape index (κ3) is 4.46. The molecule has 4 nitrogen and oxygen atoms in total. The summed E-state index contributed by atoms with van der Waals surface area (Å²) in [4.78, 5) is 0. The minimum atomic E-state index is 0.283. The largest absolute Gasteiger partial charge is 0.489 e. The quantitative estimate of drug-likeness (QED) is 0.716. The maximum absolute atomic E-state index is 5.66. The summed E-state index contributed by atoms with van der Waals surface area (Å²) in [5.74, 6) is 2.85. The molecule has 0 saturated heterocycles. The van der Waals surface area contributed by atoms with Crippen molar-refractivity contribution in [2.45, 2.75) is 20.8 Å². The predicted molar refractivity (Wildman–Crippen MR) is 77.5 cm³/mol. The van der Waals surface area contributed by atoms with E-state index >= 15 is 0 Å². The molecule has 110 valence electrons. The maximum atomic E-state index is 5.66. The van der Waals surface area contributed by atoms with E-state index in [0.29, 0.717) is 19.1 Å². The van der Waals surface area contributed by atoms with Gasteiger partial charge in [-0.25, -0.2) is 0 Å². The van der Waals surface area contributed by atoms with Gasteiger partial charge in [-0.1, -0.05) is 13.8 Å². The molecule has 1 aromatic carbocycles. The van der Waals surface area contributed by atoms with Gasteiger partial charge in [0.2, 0.25) is 6.79 Å². The van der Waals surface area contributed by atoms with E-state index < -0.39 is 0 Å². The van der Waals surface area contributed by atoms with Crippen LogP contribution in [-0.4, -0.2) is 26.6 Å². The van der Waals surface area contributed by atoms with Crippen LogP contribution in [0.5, 0.6) is 17.2 Å². The van der Waals surface area contributed by atoms with Crippen LogP contribution in [0.3, 0.4) is 0 Å². The van der Waals surface area contributed by atoms with Crippen molar-refractivity contribution in [3.8, 4) is 17.2 Å². The van der Waals surface area contributed by atoms with Gasteiger partial charge in [0, 0.05) is 12.7 Å². The zero-order chi connectivity index (χ0) is 14.4. The number of hydrogen-bond donors (Lipinski definition) is 0. The lowest BCUT2D eigenvalue weighted by atomic mass is 10.2. The fourth-order valence-electron chi connectivity index (χ4n) is 1.76. The summed E-state index contributed by atoms with van der Waals surface area (Å²) in [7, 11) is 0. The Balaban J connectivity index is 1.74. The Hall–Kier alpha value is -1.68. The van der Waals surface area contributed by atoms with Crippen LogP contribution in [0.4, 0.5) is 0 Å². The smallest absolute Gasteiger partial charge is 0.231 e. The molecular formula is C16H22O4. The van der Waals surface area contributed by atoms with Gasteiger partial charge in [0.15, 0.2) is 11.5 Å². The molecule has 0 spiro atoms. The Morgan fingerprint density at radius 3 is 2.90 bits per heavy atom. The van der Waals surface area contributed by atoms with Crippen molar-refractivity contribution in [3.63, 3.8) is 0 Å². The lowest BCUT2D eigenvalue weighted by Gasteiger charge is -2.08. The number of fused-ring (bicyclic) bond motifs is 1. The third-order valence-electron chi connectivity index (χ3n) is 2.81. The first-order chi connectivity index (χ1) is 9.65. The van der Waals surface area contributed by atoms with E-state index in [2.05, 4.69) is 13.8 Å². The van der Waals surface area contributed by atoms with Crippen LogP contribution in [0.25, 0.3) is 0 Å².